The summed E-state index contributed by atoms with van der Waals surface area (Å²) in [5, 5.41) is 0. The number of hydrogen-bond acceptors (Lipinski definition) is 4. The Balaban J connectivity index is 2.28. The lowest BCUT2D eigenvalue weighted by molar-refractivity contribution is -0.254. The Morgan fingerprint density at radius 2 is 2.45 bits per heavy atom. The van der Waals surface area contributed by atoms with Crippen LogP contribution in [0.1, 0.15) is 11.5 Å². The number of rotatable bonds is 1. The van der Waals surface area contributed by atoms with Crippen LogP contribution in [0.15, 0.2) is 12.4 Å². The molecule has 0 aromatic carbocycles. The summed E-state index contributed by atoms with van der Waals surface area (Å²) in [4.78, 5) is 16.2. The number of aryl methyl sites for hydroxylation is 1. The molecule has 0 aliphatic carbocycles. The van der Waals surface area contributed by atoms with Gasteiger partial charge in [0.25, 0.3) is 0 Å². The van der Waals surface area contributed by atoms with Crippen molar-refractivity contribution in [3.05, 3.63) is 23.9 Å². The van der Waals surface area contributed by atoms with E-state index < -0.39 is 0 Å². The largest absolute Gasteiger partial charge is 0.340 e. The molecule has 1 aliphatic heterocycles. The summed E-state index contributed by atoms with van der Waals surface area (Å²) in [5.41, 5.74) is 3.25. The van der Waals surface area contributed by atoms with Gasteiger partial charge >= 0.3 is 0 Å². The predicted octanol–water partition coefficient (Wildman–Crippen LogP) is 0.483. The predicted molar refractivity (Wildman–Crippen MR) is 36.6 cm³/mol. The third-order valence-corrected chi connectivity index (χ3v) is 1.34. The minimum Gasteiger partial charge on any atom is -0.340 e. The molecule has 1 aromatic heterocycles. The van der Waals surface area contributed by atoms with E-state index in [0.717, 1.165) is 11.5 Å². The highest BCUT2D eigenvalue weighted by molar-refractivity contribution is 5.55. The first-order valence-electron chi connectivity index (χ1n) is 3.17. The molecule has 0 amide bonds. The Bertz CT molecular complexity index is 292. The summed E-state index contributed by atoms with van der Waals surface area (Å²) >= 11 is 0. The molecule has 0 bridgehead atoms. The molecule has 58 valence electrons. The lowest BCUT2D eigenvalue weighted by Crippen LogP contribution is -1.94. The smallest absolute Gasteiger partial charge is 0.211 e. The maximum absolute atomic E-state index is 4.73. The normalized spacial score (nSPS) is 15.5. The zero-order chi connectivity index (χ0) is 7.68. The first-order valence-corrected chi connectivity index (χ1v) is 3.17. The molecular weight excluding hydrogens is 146 g/mol. The summed E-state index contributed by atoms with van der Waals surface area (Å²) < 4.78 is 0. The van der Waals surface area contributed by atoms with Gasteiger partial charge in [-0.3, -0.25) is 0 Å². The van der Waals surface area contributed by atoms with E-state index in [1.165, 1.54) is 0 Å². The number of nitrogens with zero attached hydrogens (tertiary/aromatic N) is 1. The van der Waals surface area contributed by atoms with Crippen molar-refractivity contribution in [3.8, 4) is 0 Å². The molecule has 0 unspecified atom stereocenters. The fraction of sp³-hybridized carbons (Fsp3) is 0.167. The molecule has 2 rings (SSSR count). The number of imidazole rings is 1. The molecule has 1 aromatic rings. The molecule has 2 N–H and O–H groups in total. The number of aromatic nitrogens is 2. The van der Waals surface area contributed by atoms with Crippen LogP contribution in [0.4, 0.5) is 0 Å². The molecular formula is C6H7N3O2. The maximum Gasteiger partial charge on any atom is 0.211 e. The van der Waals surface area contributed by atoms with Gasteiger partial charge in [0.2, 0.25) is 5.76 Å². The van der Waals surface area contributed by atoms with Gasteiger partial charge in [-0.15, -0.1) is 0 Å². The summed E-state index contributed by atoms with van der Waals surface area (Å²) in [6.45, 7) is 1.87. The molecule has 0 radical (unpaired) electrons. The summed E-state index contributed by atoms with van der Waals surface area (Å²) in [6.07, 6.45) is 3.28. The minimum absolute atomic E-state index is 0.602. The second-order valence-electron chi connectivity index (χ2n) is 2.18. The number of nitrogens with one attached hydrogen (secondary N) is 2. The molecule has 0 atom stereocenters. The SMILES string of the molecule is Cc1ncc(C2=CNOO2)[nH]1. The van der Waals surface area contributed by atoms with Crippen LogP contribution in [0.2, 0.25) is 0 Å². The summed E-state index contributed by atoms with van der Waals surface area (Å²) in [5.74, 6) is 1.45. The van der Waals surface area contributed by atoms with E-state index in [4.69, 9.17) is 4.89 Å². The van der Waals surface area contributed by atoms with Gasteiger partial charge in [-0.25, -0.2) is 10.5 Å². The average molecular weight is 153 g/mol. The molecule has 0 saturated carbocycles. The topological polar surface area (TPSA) is 59.2 Å². The van der Waals surface area contributed by atoms with Crippen molar-refractivity contribution in [1.29, 1.82) is 0 Å². The quantitative estimate of drug-likeness (QED) is 0.576. The van der Waals surface area contributed by atoms with E-state index in [1.807, 2.05) is 6.92 Å². The van der Waals surface area contributed by atoms with Crippen LogP contribution in [0.25, 0.3) is 5.76 Å². The molecule has 0 saturated heterocycles. The van der Waals surface area contributed by atoms with E-state index in [-0.39, 0.29) is 0 Å². The molecule has 2 heterocycles. The maximum atomic E-state index is 4.73. The van der Waals surface area contributed by atoms with Crippen LogP contribution >= 0.6 is 0 Å². The van der Waals surface area contributed by atoms with Crippen LogP contribution in [-0.2, 0) is 9.88 Å². The van der Waals surface area contributed by atoms with E-state index in [2.05, 4.69) is 20.4 Å². The van der Waals surface area contributed by atoms with Crippen molar-refractivity contribution in [1.82, 2.24) is 15.4 Å². The second-order valence-corrected chi connectivity index (χ2v) is 2.18. The standard InChI is InChI=1S/C6H7N3O2/c1-4-7-2-5(9-4)6-3-8-11-10-6/h2-3,8H,1H3,(H,7,9). The lowest BCUT2D eigenvalue weighted by Gasteiger charge is -1.92. The van der Waals surface area contributed by atoms with Gasteiger partial charge in [0.15, 0.2) is 0 Å². The van der Waals surface area contributed by atoms with Crippen molar-refractivity contribution in [2.45, 2.75) is 6.92 Å². The van der Waals surface area contributed by atoms with Crippen LogP contribution in [0, 0.1) is 6.92 Å². The molecule has 5 heteroatoms. The molecule has 1 aliphatic rings. The Morgan fingerprint density at radius 1 is 1.55 bits per heavy atom. The highest BCUT2D eigenvalue weighted by Crippen LogP contribution is 2.15. The first kappa shape index (κ1) is 6.23. The third kappa shape index (κ3) is 1.05. The highest BCUT2D eigenvalue weighted by Gasteiger charge is 2.11. The zero-order valence-corrected chi connectivity index (χ0v) is 5.92. The van der Waals surface area contributed by atoms with Crippen molar-refractivity contribution in [2.24, 2.45) is 0 Å². The van der Waals surface area contributed by atoms with E-state index in [0.29, 0.717) is 5.76 Å². The number of H-pyrrole nitrogens is 1. The van der Waals surface area contributed by atoms with E-state index in [1.54, 1.807) is 12.4 Å². The Morgan fingerprint density at radius 3 is 3.00 bits per heavy atom. The number of aromatic amines is 1. The Labute approximate surface area is 62.9 Å². The highest BCUT2D eigenvalue weighted by atomic mass is 17.3. The Hall–Kier alpha value is -1.49. The second kappa shape index (κ2) is 2.28. The molecule has 0 fully saturated rings. The van der Waals surface area contributed by atoms with Crippen molar-refractivity contribution in [2.75, 3.05) is 0 Å². The van der Waals surface area contributed by atoms with Crippen molar-refractivity contribution >= 4 is 5.76 Å². The monoisotopic (exact) mass is 153 g/mol. The first-order chi connectivity index (χ1) is 5.36. The van der Waals surface area contributed by atoms with Crippen LogP contribution in [-0.4, -0.2) is 9.97 Å². The zero-order valence-electron chi connectivity index (χ0n) is 5.92. The van der Waals surface area contributed by atoms with Crippen molar-refractivity contribution in [3.63, 3.8) is 0 Å². The van der Waals surface area contributed by atoms with Crippen LogP contribution in [0.3, 0.4) is 0 Å². The van der Waals surface area contributed by atoms with Gasteiger partial charge in [-0.05, 0) is 6.92 Å². The van der Waals surface area contributed by atoms with Gasteiger partial charge in [0.1, 0.15) is 11.5 Å². The molecule has 5 nitrogen and oxygen atoms in total. The fourth-order valence-electron chi connectivity index (χ4n) is 0.839. The van der Waals surface area contributed by atoms with E-state index in [9.17, 15) is 0 Å². The van der Waals surface area contributed by atoms with Crippen molar-refractivity contribution < 1.29 is 9.88 Å². The average Bonchev–Trinajstić information content (AvgIpc) is 2.55. The lowest BCUT2D eigenvalue weighted by atomic mass is 10.4. The molecule has 11 heavy (non-hydrogen) atoms. The van der Waals surface area contributed by atoms with Gasteiger partial charge < -0.3 is 9.87 Å². The Kier molecular flexibility index (Phi) is 1.29. The number of hydrogen-bond donors (Lipinski definition) is 2. The molecule has 0 spiro atoms. The van der Waals surface area contributed by atoms with Gasteiger partial charge in [0, 0.05) is 0 Å². The summed E-state index contributed by atoms with van der Waals surface area (Å²) in [6, 6.07) is 0. The third-order valence-electron chi connectivity index (χ3n) is 1.34. The van der Waals surface area contributed by atoms with Gasteiger partial charge in [-0.2, -0.15) is 0 Å². The van der Waals surface area contributed by atoms with E-state index >= 15 is 0 Å². The van der Waals surface area contributed by atoms with Crippen LogP contribution < -0.4 is 5.48 Å². The van der Waals surface area contributed by atoms with Gasteiger partial charge in [-0.1, -0.05) is 4.99 Å². The minimum atomic E-state index is 0.602. The summed E-state index contributed by atoms with van der Waals surface area (Å²) in [7, 11) is 0. The van der Waals surface area contributed by atoms with Crippen LogP contribution in [0.5, 0.6) is 0 Å². The fourth-order valence-corrected chi connectivity index (χ4v) is 0.839. The van der Waals surface area contributed by atoms with Gasteiger partial charge in [0.05, 0.1) is 12.4 Å². The number of hydroxylamine groups is 1.